The number of nitrogens with one attached hydrogen (secondary N) is 1. The third-order valence-corrected chi connectivity index (χ3v) is 4.16. The van der Waals surface area contributed by atoms with Crippen LogP contribution in [0.1, 0.15) is 25.7 Å². The zero-order chi connectivity index (χ0) is 13.0. The van der Waals surface area contributed by atoms with Crippen molar-refractivity contribution in [2.45, 2.75) is 37.8 Å². The van der Waals surface area contributed by atoms with Crippen LogP contribution in [-0.2, 0) is 0 Å². The van der Waals surface area contributed by atoms with Crippen LogP contribution in [0.3, 0.4) is 0 Å². The smallest absolute Gasteiger partial charge is 0.188 e. The number of halogens is 1. The fourth-order valence-corrected chi connectivity index (χ4v) is 2.83. The van der Waals surface area contributed by atoms with Gasteiger partial charge < -0.3 is 16.0 Å². The van der Waals surface area contributed by atoms with Crippen LogP contribution in [0.4, 0.5) is 0 Å². The third-order valence-electron chi connectivity index (χ3n) is 4.16. The summed E-state index contributed by atoms with van der Waals surface area (Å²) in [4.78, 5) is 9.25. The minimum absolute atomic E-state index is 0. The van der Waals surface area contributed by atoms with Crippen LogP contribution in [0.15, 0.2) is 4.99 Å². The Hall–Kier alpha value is -0.0800. The largest absolute Gasteiger partial charge is 0.370 e. The highest BCUT2D eigenvalue weighted by molar-refractivity contribution is 14.0. The van der Waals surface area contributed by atoms with E-state index in [0.717, 1.165) is 26.2 Å². The molecule has 2 aliphatic rings. The van der Waals surface area contributed by atoms with Gasteiger partial charge in [-0.2, -0.15) is 0 Å². The summed E-state index contributed by atoms with van der Waals surface area (Å²) in [5, 5.41) is 3.34. The lowest BCUT2D eigenvalue weighted by atomic mass is 10.2. The number of hydrogen-bond acceptors (Lipinski definition) is 3. The van der Waals surface area contributed by atoms with Crippen LogP contribution < -0.4 is 11.1 Å². The van der Waals surface area contributed by atoms with Crippen LogP contribution in [0, 0.1) is 0 Å². The second-order valence-corrected chi connectivity index (χ2v) is 5.75. The monoisotopic (exact) mass is 381 g/mol. The molecule has 2 fully saturated rings. The Morgan fingerprint density at radius 2 is 1.95 bits per heavy atom. The Morgan fingerprint density at radius 3 is 2.63 bits per heavy atom. The average molecular weight is 381 g/mol. The zero-order valence-corrected chi connectivity index (χ0v) is 14.5. The second-order valence-electron chi connectivity index (χ2n) is 5.75. The summed E-state index contributed by atoms with van der Waals surface area (Å²) >= 11 is 0. The van der Waals surface area contributed by atoms with E-state index in [9.17, 15) is 0 Å². The second kappa shape index (κ2) is 8.26. The number of aliphatic imine (C=N–C) groups is 1. The van der Waals surface area contributed by atoms with Crippen molar-refractivity contribution in [1.29, 1.82) is 0 Å². The summed E-state index contributed by atoms with van der Waals surface area (Å²) < 4.78 is 0. The van der Waals surface area contributed by atoms with Crippen molar-refractivity contribution >= 4 is 29.9 Å². The van der Waals surface area contributed by atoms with Crippen molar-refractivity contribution in [1.82, 2.24) is 15.1 Å². The fourth-order valence-electron chi connectivity index (χ4n) is 2.83. The first kappa shape index (κ1) is 17.0. The number of nitrogens with zero attached hydrogens (tertiary/aromatic N) is 3. The normalized spacial score (nSPS) is 27.3. The molecule has 19 heavy (non-hydrogen) atoms. The van der Waals surface area contributed by atoms with E-state index in [-0.39, 0.29) is 24.0 Å². The number of nitrogens with two attached hydrogens (primary N) is 1. The number of guanidine groups is 1. The van der Waals surface area contributed by atoms with E-state index in [0.29, 0.717) is 18.0 Å². The Bertz CT molecular complexity index is 291. The van der Waals surface area contributed by atoms with Gasteiger partial charge in [-0.1, -0.05) is 12.8 Å². The molecule has 0 bridgehead atoms. The van der Waals surface area contributed by atoms with Gasteiger partial charge in [0.15, 0.2) is 5.96 Å². The molecule has 2 rings (SSSR count). The number of hydrogen-bond donors (Lipinski definition) is 2. The fraction of sp³-hybridized carbons (Fsp3) is 0.923. The average Bonchev–Trinajstić information content (AvgIpc) is 2.83. The number of likely N-dealkylation sites (N-methyl/N-ethyl adjacent to an activating group) is 2. The van der Waals surface area contributed by atoms with Gasteiger partial charge in [-0.05, 0) is 26.9 Å². The lowest BCUT2D eigenvalue weighted by molar-refractivity contribution is 0.119. The van der Waals surface area contributed by atoms with E-state index >= 15 is 0 Å². The van der Waals surface area contributed by atoms with Crippen molar-refractivity contribution < 1.29 is 0 Å². The van der Waals surface area contributed by atoms with E-state index in [1.54, 1.807) is 0 Å². The van der Waals surface area contributed by atoms with E-state index in [1.807, 2.05) is 0 Å². The predicted molar refractivity (Wildman–Crippen MR) is 91.2 cm³/mol. The maximum atomic E-state index is 5.96. The summed E-state index contributed by atoms with van der Waals surface area (Å²) in [6, 6.07) is 1.05. The molecule has 5 nitrogen and oxygen atoms in total. The van der Waals surface area contributed by atoms with E-state index in [4.69, 9.17) is 5.73 Å². The first-order valence-electron chi connectivity index (χ1n) is 7.10. The Labute approximate surface area is 134 Å². The highest BCUT2D eigenvalue weighted by Crippen LogP contribution is 2.17. The number of piperazine rings is 1. The van der Waals surface area contributed by atoms with Gasteiger partial charge in [0.1, 0.15) is 0 Å². The first-order valence-corrected chi connectivity index (χ1v) is 7.10. The molecule has 3 N–H and O–H groups in total. The maximum Gasteiger partial charge on any atom is 0.188 e. The van der Waals surface area contributed by atoms with Gasteiger partial charge in [-0.15, -0.1) is 24.0 Å². The quantitative estimate of drug-likeness (QED) is 0.429. The summed E-state index contributed by atoms with van der Waals surface area (Å²) in [5.74, 6) is 0.628. The van der Waals surface area contributed by atoms with Crippen LogP contribution in [-0.4, -0.2) is 68.1 Å². The van der Waals surface area contributed by atoms with Crippen molar-refractivity contribution in [2.75, 3.05) is 40.3 Å². The molecule has 1 unspecified atom stereocenters. The van der Waals surface area contributed by atoms with Crippen molar-refractivity contribution in [3.05, 3.63) is 0 Å². The first-order chi connectivity index (χ1) is 8.65. The lowest BCUT2D eigenvalue weighted by Gasteiger charge is -2.36. The van der Waals surface area contributed by atoms with Crippen LogP contribution in [0.5, 0.6) is 0 Å². The summed E-state index contributed by atoms with van der Waals surface area (Å²) in [6.45, 7) is 4.14. The minimum Gasteiger partial charge on any atom is -0.370 e. The van der Waals surface area contributed by atoms with Crippen molar-refractivity contribution in [2.24, 2.45) is 10.7 Å². The lowest BCUT2D eigenvalue weighted by Crippen LogP contribution is -2.51. The van der Waals surface area contributed by atoms with Gasteiger partial charge in [-0.25, -0.2) is 0 Å². The van der Waals surface area contributed by atoms with Crippen molar-refractivity contribution in [3.63, 3.8) is 0 Å². The van der Waals surface area contributed by atoms with E-state index in [2.05, 4.69) is 34.2 Å². The molecular weight excluding hydrogens is 353 g/mol. The van der Waals surface area contributed by atoms with Crippen LogP contribution >= 0.6 is 24.0 Å². The zero-order valence-electron chi connectivity index (χ0n) is 12.1. The maximum absolute atomic E-state index is 5.96. The topological polar surface area (TPSA) is 56.9 Å². The molecule has 0 amide bonds. The predicted octanol–water partition coefficient (Wildman–Crippen LogP) is 0.697. The van der Waals surface area contributed by atoms with Crippen LogP contribution in [0.25, 0.3) is 0 Å². The molecule has 112 valence electrons. The SMILES string of the molecule is CN1CCN(C)C(CN=C(N)NC2CCCC2)C1.I. The van der Waals surface area contributed by atoms with Gasteiger partial charge >= 0.3 is 0 Å². The van der Waals surface area contributed by atoms with E-state index < -0.39 is 0 Å². The highest BCUT2D eigenvalue weighted by Gasteiger charge is 2.22. The minimum atomic E-state index is 0. The Balaban J connectivity index is 0.00000180. The Morgan fingerprint density at radius 1 is 1.26 bits per heavy atom. The molecule has 1 saturated carbocycles. The molecule has 1 atom stereocenters. The summed E-state index contributed by atoms with van der Waals surface area (Å²) in [7, 11) is 4.34. The molecule has 0 aromatic rings. The van der Waals surface area contributed by atoms with Crippen LogP contribution in [0.2, 0.25) is 0 Å². The van der Waals surface area contributed by atoms with E-state index in [1.165, 1.54) is 25.7 Å². The molecular formula is C13H28IN5. The molecule has 1 aliphatic heterocycles. The molecule has 0 aromatic carbocycles. The third kappa shape index (κ3) is 5.43. The van der Waals surface area contributed by atoms with Crippen molar-refractivity contribution in [3.8, 4) is 0 Å². The van der Waals surface area contributed by atoms with Gasteiger partial charge in [0.05, 0.1) is 6.54 Å². The Kier molecular flexibility index (Phi) is 7.38. The number of rotatable bonds is 3. The van der Waals surface area contributed by atoms with Gasteiger partial charge in [0.2, 0.25) is 0 Å². The van der Waals surface area contributed by atoms with Gasteiger partial charge in [0.25, 0.3) is 0 Å². The molecule has 0 spiro atoms. The summed E-state index contributed by atoms with van der Waals surface area (Å²) in [6.07, 6.45) is 5.12. The molecule has 1 aliphatic carbocycles. The summed E-state index contributed by atoms with van der Waals surface area (Å²) in [5.41, 5.74) is 5.96. The molecule has 0 radical (unpaired) electrons. The highest BCUT2D eigenvalue weighted by atomic mass is 127. The standard InChI is InChI=1S/C13H27N5.HI/c1-17-7-8-18(2)12(10-17)9-15-13(14)16-11-5-3-4-6-11;/h11-12H,3-10H2,1-2H3,(H3,14,15,16);1H. The van der Waals surface area contributed by atoms with Gasteiger partial charge in [-0.3, -0.25) is 9.89 Å². The molecule has 0 aromatic heterocycles. The van der Waals surface area contributed by atoms with Gasteiger partial charge in [0, 0.05) is 31.7 Å². The molecule has 6 heteroatoms. The molecule has 1 saturated heterocycles. The molecule has 1 heterocycles.